The number of hydrogen-bond acceptors (Lipinski definition) is 5. The smallest absolute Gasteiger partial charge is 0.271 e. The SMILES string of the molecule is Cn1cnc(CN2CCOc3ccc([N+](=O)[O-])cc32)c1. The lowest BCUT2D eigenvalue weighted by atomic mass is 10.2. The van der Waals surface area contributed by atoms with Crippen molar-refractivity contribution in [1.29, 1.82) is 0 Å². The number of fused-ring (bicyclic) bond motifs is 1. The molecule has 7 nitrogen and oxygen atoms in total. The van der Waals surface area contributed by atoms with Crippen LogP contribution in [0.2, 0.25) is 0 Å². The average Bonchev–Trinajstić information content (AvgIpc) is 2.84. The lowest BCUT2D eigenvalue weighted by molar-refractivity contribution is -0.384. The molecular weight excluding hydrogens is 260 g/mol. The quantitative estimate of drug-likeness (QED) is 0.629. The van der Waals surface area contributed by atoms with Crippen molar-refractivity contribution in [1.82, 2.24) is 9.55 Å². The predicted molar refractivity (Wildman–Crippen MR) is 72.8 cm³/mol. The van der Waals surface area contributed by atoms with E-state index in [0.717, 1.165) is 11.4 Å². The van der Waals surface area contributed by atoms with Gasteiger partial charge in [-0.15, -0.1) is 0 Å². The largest absolute Gasteiger partial charge is 0.490 e. The topological polar surface area (TPSA) is 73.4 Å². The number of nitro benzene ring substituents is 1. The lowest BCUT2D eigenvalue weighted by Gasteiger charge is -2.30. The van der Waals surface area contributed by atoms with Gasteiger partial charge in [0.1, 0.15) is 12.4 Å². The summed E-state index contributed by atoms with van der Waals surface area (Å²) in [5.41, 5.74) is 1.74. The summed E-state index contributed by atoms with van der Waals surface area (Å²) in [6, 6.07) is 4.67. The molecular formula is C13H14N4O3. The first kappa shape index (κ1) is 12.5. The first-order valence-corrected chi connectivity index (χ1v) is 6.26. The molecule has 0 saturated heterocycles. The Bertz CT molecular complexity index is 653. The summed E-state index contributed by atoms with van der Waals surface area (Å²) in [6.45, 7) is 1.86. The normalized spacial score (nSPS) is 13.8. The molecule has 0 N–H and O–H groups in total. The fraction of sp³-hybridized carbons (Fsp3) is 0.308. The summed E-state index contributed by atoms with van der Waals surface area (Å²) in [6.07, 6.45) is 3.68. The van der Waals surface area contributed by atoms with Crippen molar-refractivity contribution in [3.05, 3.63) is 46.5 Å². The molecule has 0 spiro atoms. The van der Waals surface area contributed by atoms with Crippen molar-refractivity contribution in [3.63, 3.8) is 0 Å². The number of nitrogens with zero attached hydrogens (tertiary/aromatic N) is 4. The van der Waals surface area contributed by atoms with Gasteiger partial charge in [-0.3, -0.25) is 10.1 Å². The van der Waals surface area contributed by atoms with Crippen molar-refractivity contribution in [2.24, 2.45) is 7.05 Å². The Kier molecular flexibility index (Phi) is 3.02. The van der Waals surface area contributed by atoms with E-state index in [0.29, 0.717) is 25.4 Å². The Morgan fingerprint density at radius 2 is 2.35 bits per heavy atom. The van der Waals surface area contributed by atoms with Crippen LogP contribution in [0.3, 0.4) is 0 Å². The van der Waals surface area contributed by atoms with Crippen LogP contribution < -0.4 is 9.64 Å². The predicted octanol–water partition coefficient (Wildman–Crippen LogP) is 1.73. The standard InChI is InChI=1S/C13H14N4O3/c1-15-7-10(14-9-15)8-16-4-5-20-13-3-2-11(17(18)19)6-12(13)16/h2-3,6-7,9H,4-5,8H2,1H3. The van der Waals surface area contributed by atoms with E-state index in [1.54, 1.807) is 18.5 Å². The highest BCUT2D eigenvalue weighted by atomic mass is 16.6. The first-order chi connectivity index (χ1) is 9.63. The minimum atomic E-state index is -0.395. The third-order valence-corrected chi connectivity index (χ3v) is 3.22. The Balaban J connectivity index is 1.91. The van der Waals surface area contributed by atoms with Crippen LogP contribution in [0.25, 0.3) is 0 Å². The molecule has 0 fully saturated rings. The molecule has 7 heteroatoms. The molecule has 0 saturated carbocycles. The highest BCUT2D eigenvalue weighted by Gasteiger charge is 2.21. The Hall–Kier alpha value is -2.57. The van der Waals surface area contributed by atoms with Crippen LogP contribution in [0.1, 0.15) is 5.69 Å². The van der Waals surface area contributed by atoms with Crippen molar-refractivity contribution in [2.45, 2.75) is 6.54 Å². The van der Waals surface area contributed by atoms with Crippen molar-refractivity contribution >= 4 is 11.4 Å². The molecule has 0 bridgehead atoms. The van der Waals surface area contributed by atoms with Gasteiger partial charge in [-0.2, -0.15) is 0 Å². The number of rotatable bonds is 3. The van der Waals surface area contributed by atoms with Crippen LogP contribution in [0, 0.1) is 10.1 Å². The van der Waals surface area contributed by atoms with E-state index < -0.39 is 4.92 Å². The van der Waals surface area contributed by atoms with Crippen molar-refractivity contribution in [2.75, 3.05) is 18.1 Å². The maximum atomic E-state index is 10.9. The number of aromatic nitrogens is 2. The molecule has 0 amide bonds. The van der Waals surface area contributed by atoms with Gasteiger partial charge in [0.25, 0.3) is 5.69 Å². The fourth-order valence-corrected chi connectivity index (χ4v) is 2.28. The minimum Gasteiger partial charge on any atom is -0.490 e. The molecule has 1 aliphatic heterocycles. The van der Waals surface area contributed by atoms with Crippen LogP contribution in [0.5, 0.6) is 5.75 Å². The van der Waals surface area contributed by atoms with Crippen LogP contribution in [-0.2, 0) is 13.6 Å². The molecule has 2 heterocycles. The molecule has 0 unspecified atom stereocenters. The highest BCUT2D eigenvalue weighted by Crippen LogP contribution is 2.35. The summed E-state index contributed by atoms with van der Waals surface area (Å²) < 4.78 is 7.42. The molecule has 104 valence electrons. The van der Waals surface area contributed by atoms with E-state index >= 15 is 0 Å². The van der Waals surface area contributed by atoms with Gasteiger partial charge in [0.05, 0.1) is 35.7 Å². The third kappa shape index (κ3) is 2.29. The number of nitro groups is 1. The Labute approximate surface area is 115 Å². The van der Waals surface area contributed by atoms with E-state index in [1.165, 1.54) is 6.07 Å². The van der Waals surface area contributed by atoms with Gasteiger partial charge in [-0.25, -0.2) is 4.98 Å². The molecule has 1 aromatic heterocycles. The number of imidazole rings is 1. The van der Waals surface area contributed by atoms with Gasteiger partial charge in [-0.1, -0.05) is 0 Å². The van der Waals surface area contributed by atoms with Crippen molar-refractivity contribution in [3.8, 4) is 5.75 Å². The maximum Gasteiger partial charge on any atom is 0.271 e. The molecule has 20 heavy (non-hydrogen) atoms. The fourth-order valence-electron chi connectivity index (χ4n) is 2.28. The molecule has 1 aliphatic rings. The number of ether oxygens (including phenoxy) is 1. The minimum absolute atomic E-state index is 0.0697. The number of hydrogen-bond donors (Lipinski definition) is 0. The van der Waals surface area contributed by atoms with E-state index in [1.807, 2.05) is 22.7 Å². The molecule has 3 rings (SSSR count). The van der Waals surface area contributed by atoms with Gasteiger partial charge in [-0.05, 0) is 6.07 Å². The number of non-ortho nitro benzene ring substituents is 1. The Morgan fingerprint density at radius 1 is 1.50 bits per heavy atom. The summed E-state index contributed by atoms with van der Waals surface area (Å²) in [5, 5.41) is 10.9. The third-order valence-electron chi connectivity index (χ3n) is 3.22. The first-order valence-electron chi connectivity index (χ1n) is 6.26. The van der Waals surface area contributed by atoms with Gasteiger partial charge < -0.3 is 14.2 Å². The van der Waals surface area contributed by atoms with Gasteiger partial charge in [0.15, 0.2) is 0 Å². The number of benzene rings is 1. The lowest BCUT2D eigenvalue weighted by Crippen LogP contribution is -2.32. The van der Waals surface area contributed by atoms with E-state index in [4.69, 9.17) is 4.74 Å². The molecule has 0 aliphatic carbocycles. The van der Waals surface area contributed by atoms with Crippen LogP contribution in [-0.4, -0.2) is 27.6 Å². The second kappa shape index (κ2) is 4.84. The zero-order valence-electron chi connectivity index (χ0n) is 11.0. The number of anilines is 1. The second-order valence-corrected chi connectivity index (χ2v) is 4.71. The summed E-state index contributed by atoms with van der Waals surface area (Å²) in [5.74, 6) is 0.679. The Morgan fingerprint density at radius 3 is 3.05 bits per heavy atom. The molecule has 2 aromatic rings. The van der Waals surface area contributed by atoms with E-state index in [-0.39, 0.29) is 5.69 Å². The van der Waals surface area contributed by atoms with Crippen LogP contribution in [0.4, 0.5) is 11.4 Å². The highest BCUT2D eigenvalue weighted by molar-refractivity contribution is 5.64. The molecule has 1 aromatic carbocycles. The van der Waals surface area contributed by atoms with Crippen molar-refractivity contribution < 1.29 is 9.66 Å². The summed E-state index contributed by atoms with van der Waals surface area (Å²) in [7, 11) is 1.91. The van der Waals surface area contributed by atoms with Gasteiger partial charge in [0.2, 0.25) is 0 Å². The summed E-state index contributed by atoms with van der Waals surface area (Å²) in [4.78, 5) is 16.8. The van der Waals surface area contributed by atoms with E-state index in [2.05, 4.69) is 4.98 Å². The second-order valence-electron chi connectivity index (χ2n) is 4.71. The van der Waals surface area contributed by atoms with Crippen LogP contribution >= 0.6 is 0 Å². The van der Waals surface area contributed by atoms with E-state index in [9.17, 15) is 10.1 Å². The zero-order valence-corrected chi connectivity index (χ0v) is 11.0. The molecule has 0 atom stereocenters. The monoisotopic (exact) mass is 274 g/mol. The maximum absolute atomic E-state index is 10.9. The van der Waals surface area contributed by atoms with Gasteiger partial charge >= 0.3 is 0 Å². The average molecular weight is 274 g/mol. The molecule has 0 radical (unpaired) electrons. The van der Waals surface area contributed by atoms with Crippen LogP contribution in [0.15, 0.2) is 30.7 Å². The number of aryl methyl sites for hydroxylation is 1. The van der Waals surface area contributed by atoms with Gasteiger partial charge in [0, 0.05) is 25.4 Å². The summed E-state index contributed by atoms with van der Waals surface area (Å²) >= 11 is 0. The zero-order chi connectivity index (χ0) is 14.1.